The number of rotatable bonds is 3. The number of nitrogens with one attached hydrogen (secondary N) is 1. The van der Waals surface area contributed by atoms with Crippen LogP contribution in [0.15, 0.2) is 30.3 Å². The van der Waals surface area contributed by atoms with Crippen LogP contribution in [-0.4, -0.2) is 30.6 Å². The topological polar surface area (TPSA) is 32.3 Å². The molecule has 1 unspecified atom stereocenters. The van der Waals surface area contributed by atoms with Crippen LogP contribution in [-0.2, 0) is 0 Å². The summed E-state index contributed by atoms with van der Waals surface area (Å²) in [5.41, 5.74) is 1.28. The Morgan fingerprint density at radius 1 is 1.16 bits per heavy atom. The number of urea groups is 1. The first-order valence-corrected chi connectivity index (χ1v) is 7.35. The molecular weight excluding hydrogens is 236 g/mol. The van der Waals surface area contributed by atoms with Crippen LogP contribution in [0.5, 0.6) is 0 Å². The zero-order valence-corrected chi connectivity index (χ0v) is 11.8. The Hall–Kier alpha value is -1.51. The molecule has 1 fully saturated rings. The van der Waals surface area contributed by atoms with Crippen LogP contribution in [0.1, 0.15) is 44.1 Å². The van der Waals surface area contributed by atoms with Crippen LogP contribution in [0, 0.1) is 0 Å². The van der Waals surface area contributed by atoms with Crippen molar-refractivity contribution in [2.75, 3.05) is 19.6 Å². The highest BCUT2D eigenvalue weighted by Gasteiger charge is 2.15. The highest BCUT2D eigenvalue weighted by molar-refractivity contribution is 5.74. The van der Waals surface area contributed by atoms with Crippen molar-refractivity contribution in [2.24, 2.45) is 0 Å². The number of nitrogens with zero attached hydrogens (tertiary/aromatic N) is 1. The van der Waals surface area contributed by atoms with Gasteiger partial charge in [0.25, 0.3) is 0 Å². The molecule has 1 N–H and O–H groups in total. The van der Waals surface area contributed by atoms with Gasteiger partial charge >= 0.3 is 6.03 Å². The van der Waals surface area contributed by atoms with Crippen LogP contribution in [0.2, 0.25) is 0 Å². The lowest BCUT2D eigenvalue weighted by atomic mass is 10.0. The molecule has 2 amide bonds. The zero-order chi connectivity index (χ0) is 13.5. The first-order chi connectivity index (χ1) is 9.27. The third-order valence-corrected chi connectivity index (χ3v) is 3.82. The summed E-state index contributed by atoms with van der Waals surface area (Å²) in [6.07, 6.45) is 4.79. The highest BCUT2D eigenvalue weighted by Crippen LogP contribution is 2.14. The minimum Gasteiger partial charge on any atom is -0.337 e. The van der Waals surface area contributed by atoms with E-state index in [1.807, 2.05) is 23.1 Å². The number of hydrogen-bond acceptors (Lipinski definition) is 1. The maximum absolute atomic E-state index is 12.1. The van der Waals surface area contributed by atoms with E-state index in [1.54, 1.807) is 0 Å². The van der Waals surface area contributed by atoms with Gasteiger partial charge < -0.3 is 10.2 Å². The molecule has 3 nitrogen and oxygen atoms in total. The van der Waals surface area contributed by atoms with Crippen molar-refractivity contribution < 1.29 is 4.79 Å². The Labute approximate surface area is 116 Å². The van der Waals surface area contributed by atoms with E-state index in [0.29, 0.717) is 12.5 Å². The van der Waals surface area contributed by atoms with Crippen molar-refractivity contribution in [2.45, 2.75) is 38.5 Å². The maximum Gasteiger partial charge on any atom is 0.317 e. The number of amides is 2. The molecule has 0 aliphatic carbocycles. The number of carbonyl (C=O) groups excluding carboxylic acids is 1. The van der Waals surface area contributed by atoms with Gasteiger partial charge in [-0.25, -0.2) is 4.79 Å². The van der Waals surface area contributed by atoms with Crippen molar-refractivity contribution in [1.29, 1.82) is 0 Å². The van der Waals surface area contributed by atoms with E-state index < -0.39 is 0 Å². The maximum atomic E-state index is 12.1. The second-order valence-corrected chi connectivity index (χ2v) is 5.40. The Morgan fingerprint density at radius 3 is 2.42 bits per heavy atom. The fourth-order valence-corrected chi connectivity index (χ4v) is 2.53. The van der Waals surface area contributed by atoms with Gasteiger partial charge in [0, 0.05) is 19.6 Å². The summed E-state index contributed by atoms with van der Waals surface area (Å²) in [7, 11) is 0. The quantitative estimate of drug-likeness (QED) is 0.888. The van der Waals surface area contributed by atoms with Gasteiger partial charge in [-0.3, -0.25) is 0 Å². The van der Waals surface area contributed by atoms with Gasteiger partial charge in [-0.1, -0.05) is 50.1 Å². The molecule has 1 aliphatic heterocycles. The molecule has 0 bridgehead atoms. The summed E-state index contributed by atoms with van der Waals surface area (Å²) in [5.74, 6) is 0.358. The lowest BCUT2D eigenvalue weighted by Crippen LogP contribution is -2.41. The molecular formula is C16H24N2O. The third-order valence-electron chi connectivity index (χ3n) is 3.82. The minimum absolute atomic E-state index is 0.102. The number of likely N-dealkylation sites (tertiary alicyclic amines) is 1. The average molecular weight is 260 g/mol. The van der Waals surface area contributed by atoms with Crippen LogP contribution >= 0.6 is 0 Å². The average Bonchev–Trinajstić information content (AvgIpc) is 2.74. The monoisotopic (exact) mass is 260 g/mol. The third kappa shape index (κ3) is 4.27. The number of carbonyl (C=O) groups is 1. The van der Waals surface area contributed by atoms with E-state index >= 15 is 0 Å². The molecule has 1 aromatic carbocycles. The molecule has 104 valence electrons. The van der Waals surface area contributed by atoms with Gasteiger partial charge in [-0.05, 0) is 24.3 Å². The number of benzene rings is 1. The standard InChI is InChI=1S/C16H24N2O/c1-14(15-9-5-4-6-10-15)13-17-16(19)18-11-7-2-3-8-12-18/h4-6,9-10,14H,2-3,7-8,11-13H2,1H3,(H,17,19). The smallest absolute Gasteiger partial charge is 0.317 e. The summed E-state index contributed by atoms with van der Waals surface area (Å²) >= 11 is 0. The molecule has 0 radical (unpaired) electrons. The van der Waals surface area contributed by atoms with E-state index in [4.69, 9.17) is 0 Å². The van der Waals surface area contributed by atoms with Gasteiger partial charge in [-0.2, -0.15) is 0 Å². The van der Waals surface area contributed by atoms with Crippen LogP contribution in [0.25, 0.3) is 0 Å². The summed E-state index contributed by atoms with van der Waals surface area (Å²) in [4.78, 5) is 14.1. The van der Waals surface area contributed by atoms with Crippen molar-refractivity contribution in [3.63, 3.8) is 0 Å². The summed E-state index contributed by atoms with van der Waals surface area (Å²) < 4.78 is 0. The van der Waals surface area contributed by atoms with Gasteiger partial charge in [0.1, 0.15) is 0 Å². The van der Waals surface area contributed by atoms with Crippen LogP contribution in [0.4, 0.5) is 4.79 Å². The summed E-state index contributed by atoms with van der Waals surface area (Å²) in [6, 6.07) is 10.4. The SMILES string of the molecule is CC(CNC(=O)N1CCCCCC1)c1ccccc1. The van der Waals surface area contributed by atoms with Gasteiger partial charge in [0.05, 0.1) is 0 Å². The lowest BCUT2D eigenvalue weighted by molar-refractivity contribution is 0.199. The molecule has 19 heavy (non-hydrogen) atoms. The number of hydrogen-bond donors (Lipinski definition) is 1. The fraction of sp³-hybridized carbons (Fsp3) is 0.562. The molecule has 0 spiro atoms. The second-order valence-electron chi connectivity index (χ2n) is 5.40. The molecule has 2 rings (SSSR count). The van der Waals surface area contributed by atoms with E-state index in [0.717, 1.165) is 25.9 Å². The first-order valence-electron chi connectivity index (χ1n) is 7.35. The fourth-order valence-electron chi connectivity index (χ4n) is 2.53. The first kappa shape index (κ1) is 13.9. The molecule has 1 saturated heterocycles. The van der Waals surface area contributed by atoms with Crippen molar-refractivity contribution in [3.05, 3.63) is 35.9 Å². The molecule has 1 aliphatic rings. The van der Waals surface area contributed by atoms with Crippen LogP contribution < -0.4 is 5.32 Å². The lowest BCUT2D eigenvalue weighted by Gasteiger charge is -2.22. The van der Waals surface area contributed by atoms with Crippen LogP contribution in [0.3, 0.4) is 0 Å². The Balaban J connectivity index is 1.79. The predicted molar refractivity (Wildman–Crippen MR) is 78.3 cm³/mol. The molecule has 1 heterocycles. The molecule has 0 aromatic heterocycles. The van der Waals surface area contributed by atoms with Crippen molar-refractivity contribution >= 4 is 6.03 Å². The minimum atomic E-state index is 0.102. The predicted octanol–water partition coefficient (Wildman–Crippen LogP) is 3.38. The van der Waals surface area contributed by atoms with E-state index in [2.05, 4.69) is 24.4 Å². The second kappa shape index (κ2) is 7.17. The van der Waals surface area contributed by atoms with E-state index in [-0.39, 0.29) is 6.03 Å². The van der Waals surface area contributed by atoms with E-state index in [9.17, 15) is 4.79 Å². The van der Waals surface area contributed by atoms with E-state index in [1.165, 1.54) is 18.4 Å². The normalized spacial score (nSPS) is 17.6. The molecule has 1 aromatic rings. The zero-order valence-electron chi connectivity index (χ0n) is 11.8. The van der Waals surface area contributed by atoms with Gasteiger partial charge in [-0.15, -0.1) is 0 Å². The Morgan fingerprint density at radius 2 is 1.79 bits per heavy atom. The van der Waals surface area contributed by atoms with Gasteiger partial charge in [0.2, 0.25) is 0 Å². The van der Waals surface area contributed by atoms with Crippen molar-refractivity contribution in [3.8, 4) is 0 Å². The summed E-state index contributed by atoms with van der Waals surface area (Å²) in [5, 5.41) is 3.07. The van der Waals surface area contributed by atoms with Gasteiger partial charge in [0.15, 0.2) is 0 Å². The molecule has 0 saturated carbocycles. The molecule has 1 atom stereocenters. The summed E-state index contributed by atoms with van der Waals surface area (Å²) in [6.45, 7) is 4.68. The molecule has 3 heteroatoms. The Kier molecular flexibility index (Phi) is 5.25. The largest absolute Gasteiger partial charge is 0.337 e. The highest BCUT2D eigenvalue weighted by atomic mass is 16.2. The van der Waals surface area contributed by atoms with Crippen molar-refractivity contribution in [1.82, 2.24) is 10.2 Å². The Bertz CT molecular complexity index is 383.